The van der Waals surface area contributed by atoms with E-state index < -0.39 is 5.60 Å². The third-order valence-corrected chi connectivity index (χ3v) is 3.35. The summed E-state index contributed by atoms with van der Waals surface area (Å²) in [7, 11) is 0. The minimum Gasteiger partial charge on any atom is -0.386 e. The Hall–Kier alpha value is -1.69. The van der Waals surface area contributed by atoms with Gasteiger partial charge >= 0.3 is 0 Å². The molecule has 0 aliphatic carbocycles. The van der Waals surface area contributed by atoms with Crippen LogP contribution in [0.3, 0.4) is 0 Å². The summed E-state index contributed by atoms with van der Waals surface area (Å²) in [4.78, 5) is 32.1. The van der Waals surface area contributed by atoms with Crippen molar-refractivity contribution in [2.24, 2.45) is 0 Å². The SMILES string of the molecule is Cc1nc(C)c(CCC(=O)N2CC(C)(O)C2)c(=O)[nH]1. The number of β-amino-alcohol motifs (C(OH)–C–C–N with tert-alkyl or cyclic N) is 1. The van der Waals surface area contributed by atoms with Crippen LogP contribution in [-0.4, -0.2) is 44.6 Å². The summed E-state index contributed by atoms with van der Waals surface area (Å²) in [5, 5.41) is 9.58. The van der Waals surface area contributed by atoms with E-state index in [0.717, 1.165) is 0 Å². The van der Waals surface area contributed by atoms with Crippen molar-refractivity contribution in [1.82, 2.24) is 14.9 Å². The molecule has 2 N–H and O–H groups in total. The third kappa shape index (κ3) is 3.01. The molecule has 0 radical (unpaired) electrons. The number of aromatic amines is 1. The molecule has 2 rings (SSSR count). The van der Waals surface area contributed by atoms with Gasteiger partial charge in [-0.25, -0.2) is 4.98 Å². The largest absolute Gasteiger partial charge is 0.386 e. The zero-order chi connectivity index (χ0) is 14.2. The van der Waals surface area contributed by atoms with Crippen LogP contribution in [0.4, 0.5) is 0 Å². The highest BCUT2D eigenvalue weighted by molar-refractivity contribution is 5.77. The number of amides is 1. The molecule has 6 heteroatoms. The van der Waals surface area contributed by atoms with E-state index in [0.29, 0.717) is 36.6 Å². The van der Waals surface area contributed by atoms with Crippen LogP contribution in [0.5, 0.6) is 0 Å². The standard InChI is InChI=1S/C13H19N3O3/c1-8-10(12(18)15-9(2)14-8)4-5-11(17)16-6-13(3,19)7-16/h19H,4-7H2,1-3H3,(H,14,15,18). The van der Waals surface area contributed by atoms with Crippen LogP contribution in [0.25, 0.3) is 0 Å². The Labute approximate surface area is 111 Å². The molecule has 1 amide bonds. The van der Waals surface area contributed by atoms with Crippen molar-refractivity contribution in [3.63, 3.8) is 0 Å². The first-order valence-corrected chi connectivity index (χ1v) is 6.35. The molecule has 6 nitrogen and oxygen atoms in total. The summed E-state index contributed by atoms with van der Waals surface area (Å²) < 4.78 is 0. The summed E-state index contributed by atoms with van der Waals surface area (Å²) in [5.74, 6) is 0.544. The van der Waals surface area contributed by atoms with Crippen molar-refractivity contribution in [2.45, 2.75) is 39.2 Å². The van der Waals surface area contributed by atoms with E-state index in [1.54, 1.807) is 25.7 Å². The van der Waals surface area contributed by atoms with Crippen LogP contribution in [0.1, 0.15) is 30.4 Å². The van der Waals surface area contributed by atoms with E-state index in [1.165, 1.54) is 0 Å². The van der Waals surface area contributed by atoms with Crippen LogP contribution >= 0.6 is 0 Å². The highest BCUT2D eigenvalue weighted by atomic mass is 16.3. The van der Waals surface area contributed by atoms with Crippen LogP contribution < -0.4 is 5.56 Å². The molecule has 104 valence electrons. The fourth-order valence-electron chi connectivity index (χ4n) is 2.39. The van der Waals surface area contributed by atoms with Gasteiger partial charge in [-0.1, -0.05) is 0 Å². The second kappa shape index (κ2) is 4.77. The minimum absolute atomic E-state index is 0.0362. The molecule has 19 heavy (non-hydrogen) atoms. The topological polar surface area (TPSA) is 86.3 Å². The van der Waals surface area contributed by atoms with Crippen molar-refractivity contribution >= 4 is 5.91 Å². The summed E-state index contributed by atoms with van der Waals surface area (Å²) in [6.45, 7) is 5.94. The summed E-state index contributed by atoms with van der Waals surface area (Å²) in [6, 6.07) is 0. The Morgan fingerprint density at radius 2 is 2.11 bits per heavy atom. The van der Waals surface area contributed by atoms with Gasteiger partial charge < -0.3 is 15.0 Å². The molecule has 0 unspecified atom stereocenters. The summed E-state index contributed by atoms with van der Waals surface area (Å²) in [6.07, 6.45) is 0.649. The van der Waals surface area contributed by atoms with E-state index >= 15 is 0 Å². The Morgan fingerprint density at radius 1 is 1.47 bits per heavy atom. The number of aliphatic hydroxyl groups is 1. The molecule has 1 fully saturated rings. The van der Waals surface area contributed by atoms with Gasteiger partial charge in [0, 0.05) is 17.7 Å². The first-order chi connectivity index (χ1) is 8.78. The number of H-pyrrole nitrogens is 1. The number of aryl methyl sites for hydroxylation is 2. The number of carbonyl (C=O) groups is 1. The molecule has 0 saturated carbocycles. The van der Waals surface area contributed by atoms with Gasteiger partial charge in [0.1, 0.15) is 5.82 Å². The molecule has 1 aromatic rings. The number of aromatic nitrogens is 2. The quantitative estimate of drug-likeness (QED) is 0.800. The fraction of sp³-hybridized carbons (Fsp3) is 0.615. The zero-order valence-electron chi connectivity index (χ0n) is 11.5. The maximum Gasteiger partial charge on any atom is 0.254 e. The van der Waals surface area contributed by atoms with Gasteiger partial charge in [0.2, 0.25) is 5.91 Å². The monoisotopic (exact) mass is 265 g/mol. The number of nitrogens with one attached hydrogen (secondary N) is 1. The van der Waals surface area contributed by atoms with E-state index in [1.807, 2.05) is 0 Å². The van der Waals surface area contributed by atoms with Crippen LogP contribution in [-0.2, 0) is 11.2 Å². The van der Waals surface area contributed by atoms with Crippen molar-refractivity contribution < 1.29 is 9.90 Å². The first-order valence-electron chi connectivity index (χ1n) is 6.35. The molecule has 0 atom stereocenters. The molecule has 1 aliphatic heterocycles. The average molecular weight is 265 g/mol. The lowest BCUT2D eigenvalue weighted by Crippen LogP contribution is -2.61. The highest BCUT2D eigenvalue weighted by Gasteiger charge is 2.38. The molecule has 2 heterocycles. The molecule has 0 aromatic carbocycles. The molecule has 0 spiro atoms. The highest BCUT2D eigenvalue weighted by Crippen LogP contribution is 2.20. The predicted molar refractivity (Wildman–Crippen MR) is 69.9 cm³/mol. The number of nitrogens with zero attached hydrogens (tertiary/aromatic N) is 2. The smallest absolute Gasteiger partial charge is 0.254 e. The molecule has 1 aromatic heterocycles. The second-order valence-electron chi connectivity index (χ2n) is 5.46. The van der Waals surface area contributed by atoms with Gasteiger partial charge in [-0.05, 0) is 27.2 Å². The number of carbonyl (C=O) groups excluding carboxylic acids is 1. The van der Waals surface area contributed by atoms with E-state index in [4.69, 9.17) is 0 Å². The Balaban J connectivity index is 1.97. The van der Waals surface area contributed by atoms with Crippen molar-refractivity contribution in [1.29, 1.82) is 0 Å². The van der Waals surface area contributed by atoms with Gasteiger partial charge in [-0.2, -0.15) is 0 Å². The number of likely N-dealkylation sites (tertiary alicyclic amines) is 1. The van der Waals surface area contributed by atoms with Gasteiger partial charge in [0.15, 0.2) is 0 Å². The maximum absolute atomic E-state index is 11.9. The predicted octanol–water partition coefficient (Wildman–Crippen LogP) is -0.0875. The van der Waals surface area contributed by atoms with Crippen molar-refractivity contribution in [2.75, 3.05) is 13.1 Å². The van der Waals surface area contributed by atoms with Crippen LogP contribution in [0, 0.1) is 13.8 Å². The number of hydrogen-bond acceptors (Lipinski definition) is 4. The first kappa shape index (κ1) is 13.7. The lowest BCUT2D eigenvalue weighted by atomic mass is 9.96. The summed E-state index contributed by atoms with van der Waals surface area (Å²) >= 11 is 0. The number of rotatable bonds is 3. The van der Waals surface area contributed by atoms with Crippen LogP contribution in [0.2, 0.25) is 0 Å². The van der Waals surface area contributed by atoms with Crippen molar-refractivity contribution in [3.05, 3.63) is 27.4 Å². The van der Waals surface area contributed by atoms with E-state index in [-0.39, 0.29) is 17.9 Å². The fourth-order valence-corrected chi connectivity index (χ4v) is 2.39. The molecule has 1 aliphatic rings. The third-order valence-electron chi connectivity index (χ3n) is 3.35. The molecular weight excluding hydrogens is 246 g/mol. The normalized spacial score (nSPS) is 17.2. The Morgan fingerprint density at radius 3 is 2.63 bits per heavy atom. The Kier molecular flexibility index (Phi) is 3.45. The maximum atomic E-state index is 11.9. The molecule has 0 bridgehead atoms. The number of hydrogen-bond donors (Lipinski definition) is 2. The zero-order valence-corrected chi connectivity index (χ0v) is 11.5. The lowest BCUT2D eigenvalue weighted by Gasteiger charge is -2.44. The van der Waals surface area contributed by atoms with E-state index in [2.05, 4.69) is 9.97 Å². The summed E-state index contributed by atoms with van der Waals surface area (Å²) in [5.41, 5.74) is 0.304. The second-order valence-corrected chi connectivity index (χ2v) is 5.46. The average Bonchev–Trinajstić information content (AvgIpc) is 2.23. The van der Waals surface area contributed by atoms with Crippen molar-refractivity contribution in [3.8, 4) is 0 Å². The van der Waals surface area contributed by atoms with Gasteiger partial charge in [0.25, 0.3) is 5.56 Å². The molecule has 1 saturated heterocycles. The Bertz CT molecular complexity index is 555. The van der Waals surface area contributed by atoms with Crippen LogP contribution in [0.15, 0.2) is 4.79 Å². The van der Waals surface area contributed by atoms with Gasteiger partial charge in [-0.15, -0.1) is 0 Å². The molecular formula is C13H19N3O3. The minimum atomic E-state index is -0.755. The van der Waals surface area contributed by atoms with E-state index in [9.17, 15) is 14.7 Å². The lowest BCUT2D eigenvalue weighted by molar-refractivity contribution is -0.152. The van der Waals surface area contributed by atoms with Gasteiger partial charge in [0.05, 0.1) is 18.7 Å². The van der Waals surface area contributed by atoms with Gasteiger partial charge in [-0.3, -0.25) is 9.59 Å².